The van der Waals surface area contributed by atoms with Gasteiger partial charge >= 0.3 is 0 Å². The van der Waals surface area contributed by atoms with Crippen LogP contribution in [0.4, 0.5) is 5.69 Å². The lowest BCUT2D eigenvalue weighted by molar-refractivity contribution is 0.580. The number of hydrogen-bond donors (Lipinski definition) is 3. The van der Waals surface area contributed by atoms with Crippen LogP contribution in [0.3, 0.4) is 0 Å². The largest absolute Gasteiger partial charge is 0.398 e. The van der Waals surface area contributed by atoms with E-state index in [9.17, 15) is 8.42 Å². The highest BCUT2D eigenvalue weighted by Crippen LogP contribution is 2.13. The molecule has 7 heteroatoms. The molecule has 0 radical (unpaired) electrons. The summed E-state index contributed by atoms with van der Waals surface area (Å²) in [5.41, 5.74) is 6.82. The van der Waals surface area contributed by atoms with Crippen molar-refractivity contribution in [3.63, 3.8) is 0 Å². The van der Waals surface area contributed by atoms with Crippen LogP contribution < -0.4 is 10.5 Å². The second kappa shape index (κ2) is 5.85. The Morgan fingerprint density at radius 3 is 2.79 bits per heavy atom. The summed E-state index contributed by atoms with van der Waals surface area (Å²) in [5, 5.41) is 0. The van der Waals surface area contributed by atoms with Crippen molar-refractivity contribution in [3.05, 3.63) is 48.0 Å². The molecule has 4 N–H and O–H groups in total. The summed E-state index contributed by atoms with van der Waals surface area (Å²) in [6.07, 6.45) is 3.86. The Morgan fingerprint density at radius 2 is 2.11 bits per heavy atom. The SMILES string of the molecule is Nc1ccccc1CS(=O)(=O)NCCc1ncc[nH]1. The average Bonchev–Trinajstić information content (AvgIpc) is 2.85. The van der Waals surface area contributed by atoms with E-state index in [1.165, 1.54) is 0 Å². The van der Waals surface area contributed by atoms with Crippen LogP contribution in [-0.4, -0.2) is 24.9 Å². The average molecular weight is 280 g/mol. The van der Waals surface area contributed by atoms with Gasteiger partial charge in [0.05, 0.1) is 5.75 Å². The fourth-order valence-electron chi connectivity index (χ4n) is 1.68. The topological polar surface area (TPSA) is 101 Å². The summed E-state index contributed by atoms with van der Waals surface area (Å²) >= 11 is 0. The molecule has 0 fully saturated rings. The molecule has 102 valence electrons. The highest BCUT2D eigenvalue weighted by molar-refractivity contribution is 7.88. The van der Waals surface area contributed by atoms with Crippen molar-refractivity contribution >= 4 is 15.7 Å². The van der Waals surface area contributed by atoms with E-state index in [2.05, 4.69) is 14.7 Å². The first kappa shape index (κ1) is 13.6. The van der Waals surface area contributed by atoms with Crippen molar-refractivity contribution < 1.29 is 8.42 Å². The van der Waals surface area contributed by atoms with Gasteiger partial charge < -0.3 is 10.7 Å². The summed E-state index contributed by atoms with van der Waals surface area (Å²) in [4.78, 5) is 6.94. The lowest BCUT2D eigenvalue weighted by Gasteiger charge is -2.08. The molecule has 0 atom stereocenters. The number of H-pyrrole nitrogens is 1. The number of aromatic nitrogens is 2. The Balaban J connectivity index is 1.90. The molecule has 2 aromatic rings. The van der Waals surface area contributed by atoms with Gasteiger partial charge in [0.15, 0.2) is 0 Å². The number of hydrogen-bond acceptors (Lipinski definition) is 4. The van der Waals surface area contributed by atoms with Crippen LogP contribution in [-0.2, 0) is 22.2 Å². The van der Waals surface area contributed by atoms with Gasteiger partial charge in [-0.15, -0.1) is 0 Å². The maximum absolute atomic E-state index is 11.9. The number of aromatic amines is 1. The van der Waals surface area contributed by atoms with Gasteiger partial charge in [-0.3, -0.25) is 0 Å². The van der Waals surface area contributed by atoms with E-state index in [1.807, 2.05) is 0 Å². The molecule has 19 heavy (non-hydrogen) atoms. The third-order valence-electron chi connectivity index (χ3n) is 2.64. The molecule has 0 saturated heterocycles. The first-order valence-corrected chi connectivity index (χ1v) is 7.51. The minimum absolute atomic E-state index is 0.113. The van der Waals surface area contributed by atoms with Gasteiger partial charge in [0.25, 0.3) is 0 Å². The number of rotatable bonds is 6. The lowest BCUT2D eigenvalue weighted by atomic mass is 10.2. The molecule has 1 aromatic carbocycles. The van der Waals surface area contributed by atoms with Crippen molar-refractivity contribution in [1.82, 2.24) is 14.7 Å². The van der Waals surface area contributed by atoms with E-state index < -0.39 is 10.0 Å². The Bertz CT molecular complexity index is 623. The van der Waals surface area contributed by atoms with Crippen LogP contribution in [0.1, 0.15) is 11.4 Å². The monoisotopic (exact) mass is 280 g/mol. The zero-order chi connectivity index (χ0) is 13.7. The molecular formula is C12H16N4O2S. The molecule has 1 aromatic heterocycles. The second-order valence-corrected chi connectivity index (χ2v) is 5.94. The van der Waals surface area contributed by atoms with Crippen LogP contribution in [0.15, 0.2) is 36.7 Å². The quantitative estimate of drug-likeness (QED) is 0.676. The number of nitrogens with zero attached hydrogens (tertiary/aromatic N) is 1. The Labute approximate surface area is 112 Å². The number of sulfonamides is 1. The van der Waals surface area contributed by atoms with E-state index in [0.29, 0.717) is 24.2 Å². The first-order valence-electron chi connectivity index (χ1n) is 5.86. The highest BCUT2D eigenvalue weighted by Gasteiger charge is 2.12. The van der Waals surface area contributed by atoms with Crippen LogP contribution in [0.5, 0.6) is 0 Å². The molecule has 0 unspecified atom stereocenters. The van der Waals surface area contributed by atoms with Crippen LogP contribution in [0, 0.1) is 0 Å². The molecule has 0 spiro atoms. The van der Waals surface area contributed by atoms with Gasteiger partial charge in [-0.1, -0.05) is 18.2 Å². The van der Waals surface area contributed by atoms with E-state index in [1.54, 1.807) is 36.7 Å². The fraction of sp³-hybridized carbons (Fsp3) is 0.250. The number of nitrogens with two attached hydrogens (primary N) is 1. The van der Waals surface area contributed by atoms with Gasteiger partial charge in [0.2, 0.25) is 10.0 Å². The minimum Gasteiger partial charge on any atom is -0.398 e. The van der Waals surface area contributed by atoms with Crippen molar-refractivity contribution in [2.75, 3.05) is 12.3 Å². The first-order chi connectivity index (χ1) is 9.07. The molecule has 6 nitrogen and oxygen atoms in total. The predicted octanol–water partition coefficient (Wildman–Crippen LogP) is 0.654. The van der Waals surface area contributed by atoms with Crippen LogP contribution >= 0.6 is 0 Å². The number of nitrogens with one attached hydrogen (secondary N) is 2. The minimum atomic E-state index is -3.38. The van der Waals surface area contributed by atoms with E-state index in [0.717, 1.165) is 5.82 Å². The highest BCUT2D eigenvalue weighted by atomic mass is 32.2. The van der Waals surface area contributed by atoms with Gasteiger partial charge in [-0.2, -0.15) is 0 Å². The summed E-state index contributed by atoms with van der Waals surface area (Å²) in [7, 11) is -3.38. The molecule has 2 rings (SSSR count). The van der Waals surface area contributed by atoms with Crippen LogP contribution in [0.25, 0.3) is 0 Å². The molecular weight excluding hydrogens is 264 g/mol. The normalized spacial score (nSPS) is 11.6. The maximum atomic E-state index is 11.9. The zero-order valence-corrected chi connectivity index (χ0v) is 11.2. The number of nitrogen functional groups attached to an aromatic ring is 1. The summed E-state index contributed by atoms with van der Waals surface area (Å²) in [5.74, 6) is 0.639. The fourth-order valence-corrected chi connectivity index (χ4v) is 2.87. The molecule has 0 aliphatic carbocycles. The van der Waals surface area contributed by atoms with E-state index in [-0.39, 0.29) is 5.75 Å². The molecule has 0 bridgehead atoms. The van der Waals surface area contributed by atoms with Gasteiger partial charge in [-0.05, 0) is 11.6 Å². The maximum Gasteiger partial charge on any atom is 0.215 e. The van der Waals surface area contributed by atoms with Gasteiger partial charge in [-0.25, -0.2) is 18.1 Å². The lowest BCUT2D eigenvalue weighted by Crippen LogP contribution is -2.27. The van der Waals surface area contributed by atoms with Crippen molar-refractivity contribution in [2.45, 2.75) is 12.2 Å². The molecule has 0 aliphatic heterocycles. The molecule has 0 amide bonds. The number of anilines is 1. The van der Waals surface area contributed by atoms with Crippen LogP contribution in [0.2, 0.25) is 0 Å². The van der Waals surface area contributed by atoms with Crippen molar-refractivity contribution in [1.29, 1.82) is 0 Å². The molecule has 0 aliphatic rings. The Hall–Kier alpha value is -1.86. The standard InChI is InChI=1S/C12H16N4O2S/c13-11-4-2-1-3-10(11)9-19(17,18)16-6-5-12-14-7-8-15-12/h1-4,7-8,16H,5-6,9,13H2,(H,14,15). The predicted molar refractivity (Wildman–Crippen MR) is 73.8 cm³/mol. The zero-order valence-electron chi connectivity index (χ0n) is 10.3. The number of imidazole rings is 1. The molecule has 0 saturated carbocycles. The Morgan fingerprint density at radius 1 is 1.32 bits per heavy atom. The third-order valence-corrected chi connectivity index (χ3v) is 3.97. The van der Waals surface area contributed by atoms with Gasteiger partial charge in [0.1, 0.15) is 5.82 Å². The van der Waals surface area contributed by atoms with Crippen molar-refractivity contribution in [3.8, 4) is 0 Å². The van der Waals surface area contributed by atoms with E-state index in [4.69, 9.17) is 5.73 Å². The summed E-state index contributed by atoms with van der Waals surface area (Å²) < 4.78 is 26.3. The second-order valence-electron chi connectivity index (χ2n) is 4.14. The summed E-state index contributed by atoms with van der Waals surface area (Å²) in [6, 6.07) is 6.94. The Kier molecular flexibility index (Phi) is 4.18. The third kappa shape index (κ3) is 4.08. The number of benzene rings is 1. The van der Waals surface area contributed by atoms with Gasteiger partial charge in [0, 0.05) is 31.0 Å². The van der Waals surface area contributed by atoms with E-state index >= 15 is 0 Å². The smallest absolute Gasteiger partial charge is 0.215 e. The van der Waals surface area contributed by atoms with Crippen molar-refractivity contribution in [2.24, 2.45) is 0 Å². The number of para-hydroxylation sites is 1. The summed E-state index contributed by atoms with van der Waals surface area (Å²) in [6.45, 7) is 0.308. The molecule has 1 heterocycles.